The highest BCUT2D eigenvalue weighted by Crippen LogP contribution is 2.33. The molecule has 0 bridgehead atoms. The van der Waals surface area contributed by atoms with E-state index in [4.69, 9.17) is 27.9 Å². The first-order chi connectivity index (χ1) is 8.70. The zero-order chi connectivity index (χ0) is 13.0. The number of hydrogen-bond donors (Lipinski definition) is 1. The van der Waals surface area contributed by atoms with Gasteiger partial charge in [0.05, 0.1) is 10.0 Å². The smallest absolute Gasteiger partial charge is 0.205 e. The normalized spacial score (nSPS) is 10.4. The first-order valence-corrected chi connectivity index (χ1v) is 6.91. The van der Waals surface area contributed by atoms with Crippen molar-refractivity contribution in [3.05, 3.63) is 33.3 Å². The van der Waals surface area contributed by atoms with E-state index in [1.165, 1.54) is 11.3 Å². The molecule has 0 fully saturated rings. The summed E-state index contributed by atoms with van der Waals surface area (Å²) in [7, 11) is 0. The van der Waals surface area contributed by atoms with Crippen molar-refractivity contribution < 1.29 is 4.74 Å². The average Bonchev–Trinajstić information content (AvgIpc) is 2.77. The Kier molecular flexibility index (Phi) is 4.63. The van der Waals surface area contributed by atoms with E-state index >= 15 is 0 Å². The number of nitrogens with zero attached hydrogens (tertiary/aromatic N) is 2. The van der Waals surface area contributed by atoms with Crippen LogP contribution < -0.4 is 10.1 Å². The Morgan fingerprint density at radius 3 is 2.67 bits per heavy atom. The van der Waals surface area contributed by atoms with Crippen molar-refractivity contribution in [2.24, 2.45) is 0 Å². The third-order valence-electron chi connectivity index (χ3n) is 2.05. The molecule has 18 heavy (non-hydrogen) atoms. The molecule has 0 unspecified atom stereocenters. The molecule has 0 saturated heterocycles. The van der Waals surface area contributed by atoms with Crippen LogP contribution in [-0.2, 0) is 6.61 Å². The van der Waals surface area contributed by atoms with Crippen LogP contribution in [0.2, 0.25) is 10.0 Å². The van der Waals surface area contributed by atoms with Crippen molar-refractivity contribution in [2.45, 2.75) is 13.5 Å². The Balaban J connectivity index is 2.02. The van der Waals surface area contributed by atoms with Crippen LogP contribution in [0.4, 0.5) is 5.13 Å². The van der Waals surface area contributed by atoms with Crippen LogP contribution in [0.3, 0.4) is 0 Å². The van der Waals surface area contributed by atoms with Crippen LogP contribution >= 0.6 is 34.5 Å². The van der Waals surface area contributed by atoms with Crippen molar-refractivity contribution in [3.63, 3.8) is 0 Å². The first kappa shape index (κ1) is 13.4. The minimum atomic E-state index is 0.298. The van der Waals surface area contributed by atoms with Crippen molar-refractivity contribution in [2.75, 3.05) is 11.9 Å². The van der Waals surface area contributed by atoms with E-state index in [0.717, 1.165) is 16.7 Å². The third kappa shape index (κ3) is 3.25. The van der Waals surface area contributed by atoms with Crippen molar-refractivity contribution in [1.82, 2.24) is 10.2 Å². The predicted molar refractivity (Wildman–Crippen MR) is 74.9 cm³/mol. The molecular formula is C11H11Cl2N3OS. The number of ether oxygens (including phenoxy) is 1. The minimum absolute atomic E-state index is 0.298. The van der Waals surface area contributed by atoms with Gasteiger partial charge in [-0.3, -0.25) is 0 Å². The van der Waals surface area contributed by atoms with E-state index in [1.807, 2.05) is 6.92 Å². The van der Waals surface area contributed by atoms with E-state index in [9.17, 15) is 0 Å². The molecule has 4 nitrogen and oxygen atoms in total. The van der Waals surface area contributed by atoms with E-state index in [0.29, 0.717) is 22.4 Å². The van der Waals surface area contributed by atoms with Gasteiger partial charge in [-0.2, -0.15) is 0 Å². The predicted octanol–water partition coefficient (Wildman–Crippen LogP) is 3.86. The van der Waals surface area contributed by atoms with Gasteiger partial charge in [-0.1, -0.05) is 40.6 Å². The van der Waals surface area contributed by atoms with Crippen LogP contribution in [0.5, 0.6) is 5.75 Å². The molecule has 96 valence electrons. The first-order valence-electron chi connectivity index (χ1n) is 5.33. The second-order valence-corrected chi connectivity index (χ2v) is 5.25. The van der Waals surface area contributed by atoms with Crippen LogP contribution in [0.15, 0.2) is 18.2 Å². The number of nitrogens with one attached hydrogen (secondary N) is 1. The molecule has 1 heterocycles. The lowest BCUT2D eigenvalue weighted by atomic mass is 10.3. The van der Waals surface area contributed by atoms with E-state index in [-0.39, 0.29) is 0 Å². The quantitative estimate of drug-likeness (QED) is 0.911. The second-order valence-electron chi connectivity index (χ2n) is 3.37. The number of rotatable bonds is 5. The Morgan fingerprint density at radius 2 is 2.00 bits per heavy atom. The van der Waals surface area contributed by atoms with Gasteiger partial charge in [0.1, 0.15) is 6.61 Å². The molecule has 0 aliphatic rings. The largest absolute Gasteiger partial charge is 0.483 e. The monoisotopic (exact) mass is 303 g/mol. The Bertz CT molecular complexity index is 513. The summed E-state index contributed by atoms with van der Waals surface area (Å²) in [4.78, 5) is 0. The fourth-order valence-corrected chi connectivity index (χ4v) is 2.52. The Labute approximate surface area is 119 Å². The van der Waals surface area contributed by atoms with Gasteiger partial charge in [-0.05, 0) is 19.1 Å². The summed E-state index contributed by atoms with van der Waals surface area (Å²) in [5.41, 5.74) is 0. The molecule has 1 N–H and O–H groups in total. The Morgan fingerprint density at radius 1 is 1.28 bits per heavy atom. The molecule has 0 aliphatic heterocycles. The molecule has 1 aromatic carbocycles. The third-order valence-corrected chi connectivity index (χ3v) is 3.50. The molecule has 0 radical (unpaired) electrons. The molecule has 2 rings (SSSR count). The molecule has 0 spiro atoms. The minimum Gasteiger partial charge on any atom is -0.483 e. The number of halogens is 2. The molecular weight excluding hydrogens is 293 g/mol. The Hall–Kier alpha value is -1.04. The van der Waals surface area contributed by atoms with Crippen LogP contribution in [0, 0.1) is 0 Å². The summed E-state index contributed by atoms with van der Waals surface area (Å²) in [5, 5.41) is 13.6. The number of para-hydroxylation sites is 1. The number of aromatic nitrogens is 2. The zero-order valence-electron chi connectivity index (χ0n) is 9.61. The fraction of sp³-hybridized carbons (Fsp3) is 0.273. The molecule has 0 aliphatic carbocycles. The average molecular weight is 304 g/mol. The highest BCUT2D eigenvalue weighted by atomic mass is 35.5. The summed E-state index contributed by atoms with van der Waals surface area (Å²) in [6, 6.07) is 5.23. The maximum Gasteiger partial charge on any atom is 0.205 e. The van der Waals surface area contributed by atoms with E-state index < -0.39 is 0 Å². The zero-order valence-corrected chi connectivity index (χ0v) is 11.9. The fourth-order valence-electron chi connectivity index (χ4n) is 1.29. The summed E-state index contributed by atoms with van der Waals surface area (Å²) in [6.45, 7) is 3.11. The number of hydrogen-bond acceptors (Lipinski definition) is 5. The molecule has 0 amide bonds. The van der Waals surface area contributed by atoms with Crippen LogP contribution in [-0.4, -0.2) is 16.7 Å². The van der Waals surface area contributed by atoms with Gasteiger partial charge in [0.15, 0.2) is 10.8 Å². The summed E-state index contributed by atoms with van der Waals surface area (Å²) >= 11 is 13.4. The van der Waals surface area contributed by atoms with Gasteiger partial charge in [0, 0.05) is 6.54 Å². The standard InChI is InChI=1S/C11H11Cl2N3OS/c1-2-14-11-16-15-9(18-11)6-17-10-7(12)4-3-5-8(10)13/h3-5H,2,6H2,1H3,(H,14,16). The summed E-state index contributed by atoms with van der Waals surface area (Å²) in [6.07, 6.45) is 0. The van der Waals surface area contributed by atoms with Gasteiger partial charge in [-0.25, -0.2) is 0 Å². The van der Waals surface area contributed by atoms with Crippen molar-refractivity contribution >= 4 is 39.7 Å². The van der Waals surface area contributed by atoms with Crippen LogP contribution in [0.25, 0.3) is 0 Å². The van der Waals surface area contributed by atoms with E-state index in [2.05, 4.69) is 15.5 Å². The maximum atomic E-state index is 6.00. The number of benzene rings is 1. The lowest BCUT2D eigenvalue weighted by Gasteiger charge is -2.07. The number of anilines is 1. The van der Waals surface area contributed by atoms with Crippen LogP contribution in [0.1, 0.15) is 11.9 Å². The van der Waals surface area contributed by atoms with Gasteiger partial charge in [0.2, 0.25) is 5.13 Å². The van der Waals surface area contributed by atoms with Gasteiger partial charge in [-0.15, -0.1) is 10.2 Å². The molecule has 0 atom stereocenters. The highest BCUT2D eigenvalue weighted by molar-refractivity contribution is 7.15. The van der Waals surface area contributed by atoms with Crippen molar-refractivity contribution in [1.29, 1.82) is 0 Å². The summed E-state index contributed by atoms with van der Waals surface area (Å²) < 4.78 is 5.56. The maximum absolute atomic E-state index is 6.00. The topological polar surface area (TPSA) is 47.0 Å². The molecule has 7 heteroatoms. The lowest BCUT2D eigenvalue weighted by Crippen LogP contribution is -1.96. The SMILES string of the molecule is CCNc1nnc(COc2c(Cl)cccc2Cl)s1. The van der Waals surface area contributed by atoms with Crippen molar-refractivity contribution in [3.8, 4) is 5.75 Å². The van der Waals surface area contributed by atoms with Gasteiger partial charge >= 0.3 is 0 Å². The summed E-state index contributed by atoms with van der Waals surface area (Å²) in [5.74, 6) is 0.473. The highest BCUT2D eigenvalue weighted by Gasteiger charge is 2.09. The molecule has 2 aromatic rings. The van der Waals surface area contributed by atoms with E-state index in [1.54, 1.807) is 18.2 Å². The van der Waals surface area contributed by atoms with Gasteiger partial charge in [0.25, 0.3) is 0 Å². The molecule has 1 aromatic heterocycles. The second kappa shape index (κ2) is 6.22. The molecule has 0 saturated carbocycles. The van der Waals surface area contributed by atoms with Gasteiger partial charge < -0.3 is 10.1 Å². The lowest BCUT2D eigenvalue weighted by molar-refractivity contribution is 0.305.